The summed E-state index contributed by atoms with van der Waals surface area (Å²) in [5.74, 6) is 0.922. The van der Waals surface area contributed by atoms with Crippen molar-refractivity contribution in [3.8, 4) is 11.5 Å². The van der Waals surface area contributed by atoms with E-state index >= 15 is 0 Å². The Labute approximate surface area is 240 Å². The average molecular weight is 599 g/mol. The molecule has 2 aromatic carbocycles. The Morgan fingerprint density at radius 3 is 2.38 bits per heavy atom. The fourth-order valence-electron chi connectivity index (χ4n) is 4.44. The Balaban J connectivity index is 1.81. The monoisotopic (exact) mass is 597 g/mol. The molecule has 39 heavy (non-hydrogen) atoms. The van der Waals surface area contributed by atoms with Crippen LogP contribution >= 0.6 is 15.9 Å². The largest absolute Gasteiger partial charge is 0.497 e. The van der Waals surface area contributed by atoms with Crippen LogP contribution in [-0.4, -0.2) is 60.0 Å². The summed E-state index contributed by atoms with van der Waals surface area (Å²) in [6.45, 7) is 8.50. The topological polar surface area (TPSA) is 64.0 Å². The SMILES string of the molecule is CCCCN(Cc1cccn1Cc1ccc(Br)cc1)C(=O)CN(CC(C)C)C(=O)c1ccc(OC)cc1OC. The Hall–Kier alpha value is -3.26. The van der Waals surface area contributed by atoms with Crippen molar-refractivity contribution in [1.29, 1.82) is 0 Å². The molecule has 0 saturated carbocycles. The lowest BCUT2D eigenvalue weighted by Gasteiger charge is -2.29. The van der Waals surface area contributed by atoms with E-state index in [1.165, 1.54) is 12.7 Å². The van der Waals surface area contributed by atoms with Gasteiger partial charge in [0.15, 0.2) is 0 Å². The van der Waals surface area contributed by atoms with Gasteiger partial charge >= 0.3 is 0 Å². The molecule has 1 aromatic heterocycles. The smallest absolute Gasteiger partial charge is 0.258 e. The van der Waals surface area contributed by atoms with Crippen LogP contribution in [-0.2, 0) is 17.9 Å². The van der Waals surface area contributed by atoms with E-state index in [9.17, 15) is 9.59 Å². The van der Waals surface area contributed by atoms with Crippen LogP contribution in [0.15, 0.2) is 65.3 Å². The lowest BCUT2D eigenvalue weighted by Crippen LogP contribution is -2.44. The molecule has 2 amide bonds. The van der Waals surface area contributed by atoms with Crippen molar-refractivity contribution in [1.82, 2.24) is 14.4 Å². The molecule has 7 nitrogen and oxygen atoms in total. The second kappa shape index (κ2) is 14.8. The number of benzene rings is 2. The third kappa shape index (κ3) is 8.62. The highest BCUT2D eigenvalue weighted by Gasteiger charge is 2.26. The summed E-state index contributed by atoms with van der Waals surface area (Å²) in [7, 11) is 3.10. The molecule has 3 rings (SSSR count). The molecule has 0 atom stereocenters. The number of hydrogen-bond donors (Lipinski definition) is 0. The van der Waals surface area contributed by atoms with E-state index in [0.29, 0.717) is 36.7 Å². The molecule has 0 fully saturated rings. The van der Waals surface area contributed by atoms with Gasteiger partial charge in [-0.1, -0.05) is 55.3 Å². The van der Waals surface area contributed by atoms with Gasteiger partial charge in [-0.25, -0.2) is 0 Å². The highest BCUT2D eigenvalue weighted by atomic mass is 79.9. The average Bonchev–Trinajstić information content (AvgIpc) is 3.36. The first kappa shape index (κ1) is 30.3. The first-order chi connectivity index (χ1) is 18.7. The number of ether oxygens (including phenoxy) is 2. The van der Waals surface area contributed by atoms with Gasteiger partial charge in [0.05, 0.1) is 26.3 Å². The molecule has 0 N–H and O–H groups in total. The minimum atomic E-state index is -0.231. The van der Waals surface area contributed by atoms with E-state index in [-0.39, 0.29) is 24.3 Å². The van der Waals surface area contributed by atoms with Gasteiger partial charge in [-0.2, -0.15) is 0 Å². The number of hydrogen-bond acceptors (Lipinski definition) is 4. The minimum Gasteiger partial charge on any atom is -0.497 e. The summed E-state index contributed by atoms with van der Waals surface area (Å²) in [5.41, 5.74) is 2.65. The maximum Gasteiger partial charge on any atom is 0.258 e. The number of methoxy groups -OCH3 is 2. The van der Waals surface area contributed by atoms with E-state index in [1.807, 2.05) is 43.1 Å². The summed E-state index contributed by atoms with van der Waals surface area (Å²) in [6, 6.07) is 17.5. The molecule has 3 aromatic rings. The molecule has 0 bridgehead atoms. The highest BCUT2D eigenvalue weighted by Crippen LogP contribution is 2.26. The number of nitrogens with zero attached hydrogens (tertiary/aromatic N) is 3. The molecular formula is C31H40BrN3O4. The Morgan fingerprint density at radius 1 is 1.00 bits per heavy atom. The third-order valence-corrected chi connectivity index (χ3v) is 7.04. The quantitative estimate of drug-likeness (QED) is 0.220. The van der Waals surface area contributed by atoms with E-state index < -0.39 is 0 Å². The van der Waals surface area contributed by atoms with Crippen LogP contribution in [0.25, 0.3) is 0 Å². The summed E-state index contributed by atoms with van der Waals surface area (Å²) in [4.78, 5) is 30.9. The van der Waals surface area contributed by atoms with Crippen molar-refractivity contribution >= 4 is 27.7 Å². The molecule has 0 radical (unpaired) electrons. The Bertz CT molecular complexity index is 1220. The van der Waals surface area contributed by atoms with Crippen LogP contribution < -0.4 is 9.47 Å². The lowest BCUT2D eigenvalue weighted by atomic mass is 10.1. The zero-order valence-electron chi connectivity index (χ0n) is 23.7. The molecule has 1 heterocycles. The predicted molar refractivity (Wildman–Crippen MR) is 158 cm³/mol. The molecule has 0 aliphatic heterocycles. The van der Waals surface area contributed by atoms with Crippen molar-refractivity contribution in [2.24, 2.45) is 5.92 Å². The predicted octanol–water partition coefficient (Wildman–Crippen LogP) is 6.24. The van der Waals surface area contributed by atoms with E-state index in [0.717, 1.165) is 29.6 Å². The van der Waals surface area contributed by atoms with Gasteiger partial charge in [-0.05, 0) is 54.3 Å². The van der Waals surface area contributed by atoms with Gasteiger partial charge in [-0.15, -0.1) is 0 Å². The molecule has 0 spiro atoms. The van der Waals surface area contributed by atoms with Crippen LogP contribution in [0, 0.1) is 5.92 Å². The zero-order chi connectivity index (χ0) is 28.4. The van der Waals surface area contributed by atoms with Gasteiger partial charge < -0.3 is 23.8 Å². The molecular weight excluding hydrogens is 558 g/mol. The number of carbonyl (C=O) groups is 2. The highest BCUT2D eigenvalue weighted by molar-refractivity contribution is 9.10. The Morgan fingerprint density at radius 2 is 1.74 bits per heavy atom. The van der Waals surface area contributed by atoms with Crippen LogP contribution in [0.1, 0.15) is 55.2 Å². The third-order valence-electron chi connectivity index (χ3n) is 6.51. The minimum absolute atomic E-state index is 0.00331. The molecule has 0 aliphatic rings. The number of rotatable bonds is 14. The fourth-order valence-corrected chi connectivity index (χ4v) is 4.70. The number of carbonyl (C=O) groups excluding carboxylic acids is 2. The van der Waals surface area contributed by atoms with Gasteiger partial charge in [0, 0.05) is 42.1 Å². The van der Waals surface area contributed by atoms with Crippen molar-refractivity contribution < 1.29 is 19.1 Å². The molecule has 0 aliphatic carbocycles. The van der Waals surface area contributed by atoms with Gasteiger partial charge in [0.1, 0.15) is 18.0 Å². The first-order valence-electron chi connectivity index (χ1n) is 13.4. The second-order valence-electron chi connectivity index (χ2n) is 10.1. The van der Waals surface area contributed by atoms with Gasteiger partial charge in [0.2, 0.25) is 5.91 Å². The normalized spacial score (nSPS) is 10.9. The summed E-state index contributed by atoms with van der Waals surface area (Å²) >= 11 is 3.49. The first-order valence-corrected chi connectivity index (χ1v) is 14.2. The van der Waals surface area contributed by atoms with Crippen LogP contribution in [0.3, 0.4) is 0 Å². The standard InChI is InChI=1S/C31H40BrN3O4/c1-6-7-16-34(21-26-9-8-17-33(26)20-24-10-12-25(32)13-11-24)30(36)22-35(19-23(2)3)31(37)28-15-14-27(38-4)18-29(28)39-5/h8-15,17-18,23H,6-7,16,19-22H2,1-5H3. The number of halogens is 1. The van der Waals surface area contributed by atoms with E-state index in [2.05, 4.69) is 45.6 Å². The van der Waals surface area contributed by atoms with E-state index in [4.69, 9.17) is 9.47 Å². The molecule has 0 saturated heterocycles. The number of unbranched alkanes of at least 4 members (excludes halogenated alkanes) is 1. The summed E-state index contributed by atoms with van der Waals surface area (Å²) in [5, 5.41) is 0. The van der Waals surface area contributed by atoms with Gasteiger partial charge in [0.25, 0.3) is 5.91 Å². The maximum absolute atomic E-state index is 13.7. The lowest BCUT2D eigenvalue weighted by molar-refractivity contribution is -0.132. The summed E-state index contributed by atoms with van der Waals surface area (Å²) < 4.78 is 14.0. The van der Waals surface area contributed by atoms with Crippen molar-refractivity contribution in [2.75, 3.05) is 33.9 Å². The fraction of sp³-hybridized carbons (Fsp3) is 0.419. The van der Waals surface area contributed by atoms with Crippen LogP contribution in [0.5, 0.6) is 11.5 Å². The van der Waals surface area contributed by atoms with Crippen molar-refractivity contribution in [2.45, 2.75) is 46.7 Å². The molecule has 0 unspecified atom stereocenters. The number of amides is 2. The van der Waals surface area contributed by atoms with Crippen molar-refractivity contribution in [3.05, 3.63) is 82.1 Å². The summed E-state index contributed by atoms with van der Waals surface area (Å²) in [6.07, 6.45) is 3.91. The second-order valence-corrected chi connectivity index (χ2v) is 11.0. The van der Waals surface area contributed by atoms with Gasteiger partial charge in [-0.3, -0.25) is 9.59 Å². The van der Waals surface area contributed by atoms with Crippen molar-refractivity contribution in [3.63, 3.8) is 0 Å². The van der Waals surface area contributed by atoms with Crippen LogP contribution in [0.4, 0.5) is 0 Å². The van der Waals surface area contributed by atoms with Crippen LogP contribution in [0.2, 0.25) is 0 Å². The maximum atomic E-state index is 13.7. The zero-order valence-corrected chi connectivity index (χ0v) is 25.2. The molecule has 8 heteroatoms. The van der Waals surface area contributed by atoms with E-state index in [1.54, 1.807) is 30.2 Å². The number of aromatic nitrogens is 1. The molecule has 210 valence electrons. The Kier molecular flexibility index (Phi) is 11.5.